The highest BCUT2D eigenvalue weighted by Gasteiger charge is 2.08. The van der Waals surface area contributed by atoms with Gasteiger partial charge in [0, 0.05) is 6.54 Å². The van der Waals surface area contributed by atoms with E-state index in [1.54, 1.807) is 0 Å². The third-order valence-corrected chi connectivity index (χ3v) is 3.06. The maximum absolute atomic E-state index is 9.46. The van der Waals surface area contributed by atoms with Crippen LogP contribution in [-0.2, 0) is 6.54 Å². The quantitative estimate of drug-likeness (QED) is 0.843. The lowest BCUT2D eigenvalue weighted by Gasteiger charge is -2.17. The summed E-state index contributed by atoms with van der Waals surface area (Å²) in [5.41, 5.74) is 3.58. The molecule has 0 heterocycles. The SMILES string of the molecule is Cc1ccc(C(CO)NCc2ccccc2)cc1. The Morgan fingerprint density at radius 1 is 1.00 bits per heavy atom. The van der Waals surface area contributed by atoms with Crippen LogP contribution in [0.5, 0.6) is 0 Å². The highest BCUT2D eigenvalue weighted by Crippen LogP contribution is 2.14. The second kappa shape index (κ2) is 6.34. The Kier molecular flexibility index (Phi) is 4.51. The summed E-state index contributed by atoms with van der Waals surface area (Å²) in [6.45, 7) is 2.94. The zero-order valence-corrected chi connectivity index (χ0v) is 10.6. The minimum Gasteiger partial charge on any atom is -0.394 e. The maximum atomic E-state index is 9.46. The second-order valence-electron chi connectivity index (χ2n) is 4.51. The standard InChI is InChI=1S/C16H19NO/c1-13-7-9-15(10-8-13)16(12-18)17-11-14-5-3-2-4-6-14/h2-10,16-18H,11-12H2,1H3. The second-order valence-corrected chi connectivity index (χ2v) is 4.51. The number of benzene rings is 2. The first-order valence-corrected chi connectivity index (χ1v) is 6.24. The lowest BCUT2D eigenvalue weighted by Crippen LogP contribution is -2.23. The number of aliphatic hydroxyl groups is 1. The van der Waals surface area contributed by atoms with E-state index in [9.17, 15) is 5.11 Å². The lowest BCUT2D eigenvalue weighted by atomic mass is 10.1. The first-order chi connectivity index (χ1) is 8.79. The van der Waals surface area contributed by atoms with E-state index in [-0.39, 0.29) is 12.6 Å². The third-order valence-electron chi connectivity index (χ3n) is 3.06. The van der Waals surface area contributed by atoms with Crippen molar-refractivity contribution in [2.24, 2.45) is 0 Å². The summed E-state index contributed by atoms with van der Waals surface area (Å²) in [5.74, 6) is 0. The van der Waals surface area contributed by atoms with Crippen LogP contribution < -0.4 is 5.32 Å². The molecule has 0 saturated heterocycles. The molecular weight excluding hydrogens is 222 g/mol. The molecule has 2 nitrogen and oxygen atoms in total. The highest BCUT2D eigenvalue weighted by atomic mass is 16.3. The van der Waals surface area contributed by atoms with Gasteiger partial charge >= 0.3 is 0 Å². The predicted molar refractivity (Wildman–Crippen MR) is 74.3 cm³/mol. The van der Waals surface area contributed by atoms with E-state index in [1.807, 2.05) is 18.2 Å². The minimum absolute atomic E-state index is 0.00851. The fourth-order valence-corrected chi connectivity index (χ4v) is 1.92. The van der Waals surface area contributed by atoms with Crippen LogP contribution in [0.1, 0.15) is 22.7 Å². The lowest BCUT2D eigenvalue weighted by molar-refractivity contribution is 0.243. The minimum atomic E-state index is -0.00851. The molecule has 2 heteroatoms. The molecule has 1 atom stereocenters. The van der Waals surface area contributed by atoms with Crippen molar-refractivity contribution in [1.82, 2.24) is 5.32 Å². The first kappa shape index (κ1) is 12.8. The molecule has 1 unspecified atom stereocenters. The molecule has 2 rings (SSSR count). The van der Waals surface area contributed by atoms with Gasteiger partial charge in [-0.05, 0) is 18.1 Å². The summed E-state index contributed by atoms with van der Waals surface area (Å²) in [6, 6.07) is 18.5. The molecule has 0 fully saturated rings. The Balaban J connectivity index is 1.99. The Labute approximate surface area is 108 Å². The van der Waals surface area contributed by atoms with Gasteiger partial charge in [-0.2, -0.15) is 0 Å². The third kappa shape index (κ3) is 3.42. The molecule has 0 aromatic heterocycles. The summed E-state index contributed by atoms with van der Waals surface area (Å²) in [7, 11) is 0. The molecule has 0 saturated carbocycles. The van der Waals surface area contributed by atoms with Crippen molar-refractivity contribution >= 4 is 0 Å². The van der Waals surface area contributed by atoms with Crippen LogP contribution >= 0.6 is 0 Å². The van der Waals surface area contributed by atoms with Crippen molar-refractivity contribution < 1.29 is 5.11 Å². The zero-order valence-electron chi connectivity index (χ0n) is 10.6. The van der Waals surface area contributed by atoms with Gasteiger partial charge in [0.05, 0.1) is 12.6 Å². The fraction of sp³-hybridized carbons (Fsp3) is 0.250. The van der Waals surface area contributed by atoms with Gasteiger partial charge in [0.2, 0.25) is 0 Å². The molecule has 2 N–H and O–H groups in total. The number of nitrogens with one attached hydrogen (secondary N) is 1. The van der Waals surface area contributed by atoms with E-state index in [1.165, 1.54) is 11.1 Å². The monoisotopic (exact) mass is 241 g/mol. The normalized spacial score (nSPS) is 12.3. The summed E-state index contributed by atoms with van der Waals surface area (Å²) in [5, 5.41) is 12.8. The van der Waals surface area contributed by atoms with Crippen LogP contribution in [0, 0.1) is 6.92 Å². The molecule has 0 aliphatic rings. The summed E-state index contributed by atoms with van der Waals surface area (Å²) in [6.07, 6.45) is 0. The van der Waals surface area contributed by atoms with Crippen LogP contribution in [0.15, 0.2) is 54.6 Å². The molecule has 0 aliphatic heterocycles. The van der Waals surface area contributed by atoms with Crippen molar-refractivity contribution in [3.8, 4) is 0 Å². The van der Waals surface area contributed by atoms with Crippen molar-refractivity contribution in [3.05, 3.63) is 71.3 Å². The first-order valence-electron chi connectivity index (χ1n) is 6.24. The van der Waals surface area contributed by atoms with Crippen molar-refractivity contribution in [1.29, 1.82) is 0 Å². The summed E-state index contributed by atoms with van der Waals surface area (Å²) < 4.78 is 0. The average molecular weight is 241 g/mol. The number of rotatable bonds is 5. The average Bonchev–Trinajstić information content (AvgIpc) is 2.42. The Hall–Kier alpha value is -1.64. The molecule has 2 aromatic carbocycles. The number of hydrogen-bond acceptors (Lipinski definition) is 2. The van der Waals surface area contributed by atoms with Crippen molar-refractivity contribution in [3.63, 3.8) is 0 Å². The van der Waals surface area contributed by atoms with Gasteiger partial charge in [-0.3, -0.25) is 0 Å². The Morgan fingerprint density at radius 3 is 2.28 bits per heavy atom. The largest absolute Gasteiger partial charge is 0.394 e. The van der Waals surface area contributed by atoms with Crippen LogP contribution in [0.4, 0.5) is 0 Å². The molecular formula is C16H19NO. The van der Waals surface area contributed by atoms with Gasteiger partial charge in [-0.1, -0.05) is 60.2 Å². The molecule has 0 amide bonds. The molecule has 0 radical (unpaired) electrons. The molecule has 0 spiro atoms. The Bertz CT molecular complexity index is 464. The van der Waals surface area contributed by atoms with Crippen molar-refractivity contribution in [2.45, 2.75) is 19.5 Å². The van der Waals surface area contributed by atoms with Crippen LogP contribution in [-0.4, -0.2) is 11.7 Å². The zero-order chi connectivity index (χ0) is 12.8. The Morgan fingerprint density at radius 2 is 1.67 bits per heavy atom. The van der Waals surface area contributed by atoms with Gasteiger partial charge in [-0.15, -0.1) is 0 Å². The highest BCUT2D eigenvalue weighted by molar-refractivity contribution is 5.24. The van der Waals surface area contributed by atoms with E-state index >= 15 is 0 Å². The number of hydrogen-bond donors (Lipinski definition) is 2. The van der Waals surface area contributed by atoms with E-state index in [0.717, 1.165) is 12.1 Å². The van der Waals surface area contributed by atoms with Gasteiger partial charge in [0.25, 0.3) is 0 Å². The van der Waals surface area contributed by atoms with Gasteiger partial charge in [0.1, 0.15) is 0 Å². The fourth-order valence-electron chi connectivity index (χ4n) is 1.92. The number of aryl methyl sites for hydroxylation is 1. The van der Waals surface area contributed by atoms with Gasteiger partial charge < -0.3 is 10.4 Å². The van der Waals surface area contributed by atoms with Gasteiger partial charge in [-0.25, -0.2) is 0 Å². The maximum Gasteiger partial charge on any atom is 0.0626 e. The molecule has 0 bridgehead atoms. The smallest absolute Gasteiger partial charge is 0.0626 e. The van der Waals surface area contributed by atoms with E-state index in [4.69, 9.17) is 0 Å². The number of aliphatic hydroxyl groups excluding tert-OH is 1. The molecule has 0 aliphatic carbocycles. The van der Waals surface area contributed by atoms with Crippen molar-refractivity contribution in [2.75, 3.05) is 6.61 Å². The van der Waals surface area contributed by atoms with Crippen LogP contribution in [0.2, 0.25) is 0 Å². The summed E-state index contributed by atoms with van der Waals surface area (Å²) >= 11 is 0. The van der Waals surface area contributed by atoms with E-state index in [0.29, 0.717) is 0 Å². The molecule has 2 aromatic rings. The van der Waals surface area contributed by atoms with Gasteiger partial charge in [0.15, 0.2) is 0 Å². The van der Waals surface area contributed by atoms with Crippen LogP contribution in [0.25, 0.3) is 0 Å². The topological polar surface area (TPSA) is 32.3 Å². The predicted octanol–water partition coefficient (Wildman–Crippen LogP) is 2.82. The summed E-state index contributed by atoms with van der Waals surface area (Å²) in [4.78, 5) is 0. The molecule has 18 heavy (non-hydrogen) atoms. The molecule has 94 valence electrons. The van der Waals surface area contributed by atoms with E-state index < -0.39 is 0 Å². The van der Waals surface area contributed by atoms with Crippen LogP contribution in [0.3, 0.4) is 0 Å². The van der Waals surface area contributed by atoms with E-state index in [2.05, 4.69) is 48.6 Å².